The van der Waals surface area contributed by atoms with E-state index in [0.717, 1.165) is 5.39 Å². The van der Waals surface area contributed by atoms with Crippen molar-refractivity contribution < 1.29 is 8.42 Å². The van der Waals surface area contributed by atoms with Gasteiger partial charge in [-0.3, -0.25) is 0 Å². The Balaban J connectivity index is 2.36. The first-order valence-corrected chi connectivity index (χ1v) is 8.25. The monoisotopic (exact) mass is 340 g/mol. The Labute approximate surface area is 132 Å². The molecule has 0 spiro atoms. The van der Waals surface area contributed by atoms with E-state index in [1.165, 1.54) is 10.0 Å². The zero-order valence-corrected chi connectivity index (χ0v) is 13.2. The Morgan fingerprint density at radius 2 is 1.90 bits per heavy atom. The van der Waals surface area contributed by atoms with Crippen LogP contribution < -0.4 is 0 Å². The van der Waals surface area contributed by atoms with Crippen LogP contribution in [0.15, 0.2) is 47.5 Å². The van der Waals surface area contributed by atoms with Gasteiger partial charge in [0.2, 0.25) is 0 Å². The number of pyridine rings is 1. The number of rotatable bonds is 2. The van der Waals surface area contributed by atoms with E-state index < -0.39 is 10.0 Å². The summed E-state index contributed by atoms with van der Waals surface area (Å²) in [7, 11) is -3.87. The molecule has 0 aliphatic heterocycles. The second-order valence-corrected chi connectivity index (χ2v) is 7.06. The predicted octanol–water partition coefficient (Wildman–Crippen LogP) is 3.89. The summed E-state index contributed by atoms with van der Waals surface area (Å²) in [6.45, 7) is 1.71. The van der Waals surface area contributed by atoms with Crippen LogP contribution in [-0.4, -0.2) is 17.4 Å². The highest BCUT2D eigenvalue weighted by Gasteiger charge is 2.25. The highest BCUT2D eigenvalue weighted by molar-refractivity contribution is 7.90. The fraction of sp³-hybridized carbons (Fsp3) is 0.0714. The van der Waals surface area contributed by atoms with Crippen molar-refractivity contribution in [2.45, 2.75) is 11.8 Å². The average Bonchev–Trinajstić information content (AvgIpc) is 2.78. The Morgan fingerprint density at radius 3 is 2.67 bits per heavy atom. The number of hydrogen-bond acceptors (Lipinski definition) is 3. The maximum atomic E-state index is 12.9. The molecule has 0 atom stereocenters. The van der Waals surface area contributed by atoms with Gasteiger partial charge in [0, 0.05) is 17.3 Å². The molecule has 108 valence electrons. The summed E-state index contributed by atoms with van der Waals surface area (Å²) in [6, 6.07) is 9.85. The molecule has 0 unspecified atom stereocenters. The van der Waals surface area contributed by atoms with Crippen molar-refractivity contribution in [1.29, 1.82) is 0 Å². The number of fused-ring (bicyclic) bond motifs is 1. The number of benzene rings is 1. The highest BCUT2D eigenvalue weighted by atomic mass is 35.5. The van der Waals surface area contributed by atoms with Gasteiger partial charge in [0.15, 0.2) is 5.65 Å². The predicted molar refractivity (Wildman–Crippen MR) is 83.5 cm³/mol. The SMILES string of the molecule is Cc1cc2cccnc2n1S(=O)(=O)c1cccc(Cl)c1Cl. The van der Waals surface area contributed by atoms with Gasteiger partial charge in [-0.2, -0.15) is 0 Å². The largest absolute Gasteiger partial charge is 0.271 e. The lowest BCUT2D eigenvalue weighted by Gasteiger charge is -2.11. The van der Waals surface area contributed by atoms with E-state index in [0.29, 0.717) is 11.3 Å². The lowest BCUT2D eigenvalue weighted by atomic mass is 10.3. The van der Waals surface area contributed by atoms with E-state index in [4.69, 9.17) is 23.2 Å². The molecule has 0 aliphatic carbocycles. The third-order valence-corrected chi connectivity index (χ3v) is 5.90. The first-order chi connectivity index (χ1) is 9.93. The summed E-state index contributed by atoms with van der Waals surface area (Å²) in [5, 5.41) is 0.952. The molecule has 2 aromatic heterocycles. The van der Waals surface area contributed by atoms with E-state index in [1.807, 2.05) is 0 Å². The van der Waals surface area contributed by atoms with Crippen LogP contribution in [0.2, 0.25) is 10.0 Å². The molecule has 1 aromatic carbocycles. The molecule has 0 aliphatic rings. The fourth-order valence-corrected chi connectivity index (χ4v) is 4.47. The lowest BCUT2D eigenvalue weighted by molar-refractivity contribution is 0.587. The number of aromatic nitrogens is 2. The molecule has 21 heavy (non-hydrogen) atoms. The molecule has 3 aromatic rings. The summed E-state index contributed by atoms with van der Waals surface area (Å²) in [4.78, 5) is 4.11. The number of aryl methyl sites for hydroxylation is 1. The van der Waals surface area contributed by atoms with Crippen molar-refractivity contribution in [2.75, 3.05) is 0 Å². The van der Waals surface area contributed by atoms with Crippen LogP contribution in [0.5, 0.6) is 0 Å². The summed E-state index contributed by atoms with van der Waals surface area (Å²) < 4.78 is 26.9. The minimum Gasteiger partial charge on any atom is -0.237 e. The van der Waals surface area contributed by atoms with Crippen LogP contribution in [0.25, 0.3) is 11.0 Å². The highest BCUT2D eigenvalue weighted by Crippen LogP contribution is 2.32. The van der Waals surface area contributed by atoms with E-state index in [9.17, 15) is 8.42 Å². The van der Waals surface area contributed by atoms with Crippen LogP contribution in [0.1, 0.15) is 5.69 Å². The van der Waals surface area contributed by atoms with Gasteiger partial charge in [-0.25, -0.2) is 17.4 Å². The Hall–Kier alpha value is -1.56. The average molecular weight is 341 g/mol. The molecule has 3 rings (SSSR count). The van der Waals surface area contributed by atoms with Gasteiger partial charge in [-0.1, -0.05) is 29.3 Å². The summed E-state index contributed by atoms with van der Waals surface area (Å²) >= 11 is 12.0. The van der Waals surface area contributed by atoms with E-state index in [2.05, 4.69) is 4.98 Å². The first kappa shape index (κ1) is 14.4. The molecule has 0 N–H and O–H groups in total. The van der Waals surface area contributed by atoms with Crippen LogP contribution >= 0.6 is 23.2 Å². The maximum absolute atomic E-state index is 12.9. The number of hydrogen-bond donors (Lipinski definition) is 0. The Kier molecular flexibility index (Phi) is 3.43. The van der Waals surface area contributed by atoms with Gasteiger partial charge in [-0.15, -0.1) is 0 Å². The Bertz CT molecular complexity index is 949. The quantitative estimate of drug-likeness (QED) is 0.711. The summed E-state index contributed by atoms with van der Waals surface area (Å²) in [5.74, 6) is 0. The van der Waals surface area contributed by atoms with Crippen molar-refractivity contribution in [3.8, 4) is 0 Å². The second-order valence-electron chi connectivity index (χ2n) is 4.52. The van der Waals surface area contributed by atoms with Gasteiger partial charge >= 0.3 is 0 Å². The van der Waals surface area contributed by atoms with Crippen molar-refractivity contribution in [1.82, 2.24) is 8.96 Å². The molecule has 4 nitrogen and oxygen atoms in total. The van der Waals surface area contributed by atoms with Crippen molar-refractivity contribution >= 4 is 44.3 Å². The zero-order valence-electron chi connectivity index (χ0n) is 10.9. The normalized spacial score (nSPS) is 12.0. The van der Waals surface area contributed by atoms with Crippen LogP contribution in [0.4, 0.5) is 0 Å². The van der Waals surface area contributed by atoms with E-state index >= 15 is 0 Å². The van der Waals surface area contributed by atoms with E-state index in [1.54, 1.807) is 43.5 Å². The molecule has 0 fully saturated rings. The van der Waals surface area contributed by atoms with Crippen LogP contribution in [0.3, 0.4) is 0 Å². The minimum absolute atomic E-state index is 0.0105. The van der Waals surface area contributed by atoms with Crippen molar-refractivity contribution in [2.24, 2.45) is 0 Å². The molecule has 0 saturated heterocycles. The molecule has 7 heteroatoms. The third kappa shape index (κ3) is 2.21. The maximum Gasteiger partial charge on any atom is 0.271 e. The minimum atomic E-state index is -3.87. The molecular weight excluding hydrogens is 331 g/mol. The molecule has 0 bridgehead atoms. The van der Waals surface area contributed by atoms with Gasteiger partial charge in [0.05, 0.1) is 10.0 Å². The smallest absolute Gasteiger partial charge is 0.237 e. The lowest BCUT2D eigenvalue weighted by Crippen LogP contribution is -2.15. The van der Waals surface area contributed by atoms with Gasteiger partial charge in [-0.05, 0) is 37.3 Å². The second kappa shape index (κ2) is 5.02. The molecule has 0 saturated carbocycles. The summed E-state index contributed by atoms with van der Waals surface area (Å²) in [5.41, 5.74) is 0.922. The van der Waals surface area contributed by atoms with Gasteiger partial charge in [0.1, 0.15) is 4.90 Å². The standard InChI is InChI=1S/C14H10Cl2N2O2S/c1-9-8-10-4-3-7-17-14(10)18(9)21(19,20)12-6-2-5-11(15)13(12)16/h2-8H,1H3. The van der Waals surface area contributed by atoms with Gasteiger partial charge < -0.3 is 0 Å². The van der Waals surface area contributed by atoms with Crippen LogP contribution in [-0.2, 0) is 10.0 Å². The number of halogens is 2. The first-order valence-electron chi connectivity index (χ1n) is 6.05. The number of nitrogens with zero attached hydrogens (tertiary/aromatic N) is 2. The van der Waals surface area contributed by atoms with Crippen molar-refractivity contribution in [3.05, 3.63) is 58.3 Å². The van der Waals surface area contributed by atoms with Crippen molar-refractivity contribution in [3.63, 3.8) is 0 Å². The van der Waals surface area contributed by atoms with E-state index in [-0.39, 0.29) is 14.9 Å². The molecule has 2 heterocycles. The summed E-state index contributed by atoms with van der Waals surface area (Å²) in [6.07, 6.45) is 1.55. The molecular formula is C14H10Cl2N2O2S. The van der Waals surface area contributed by atoms with Crippen LogP contribution in [0, 0.1) is 6.92 Å². The topological polar surface area (TPSA) is 52.0 Å². The van der Waals surface area contributed by atoms with Gasteiger partial charge in [0.25, 0.3) is 10.0 Å². The third-order valence-electron chi connectivity index (χ3n) is 3.13. The molecule has 0 radical (unpaired) electrons. The Morgan fingerprint density at radius 1 is 1.14 bits per heavy atom. The zero-order chi connectivity index (χ0) is 15.2. The molecule has 0 amide bonds. The fourth-order valence-electron chi connectivity index (χ4n) is 2.23.